The normalized spacial score (nSPS) is 20.5. The van der Waals surface area contributed by atoms with Crippen molar-refractivity contribution in [1.82, 2.24) is 9.88 Å². The Labute approximate surface area is 109 Å². The van der Waals surface area contributed by atoms with Gasteiger partial charge in [0.15, 0.2) is 0 Å². The lowest BCUT2D eigenvalue weighted by molar-refractivity contribution is -0.144. The van der Waals surface area contributed by atoms with Crippen LogP contribution in [0.5, 0.6) is 0 Å². The topological polar surface area (TPSA) is 34.0 Å². The van der Waals surface area contributed by atoms with Crippen molar-refractivity contribution in [3.63, 3.8) is 0 Å². The predicted molar refractivity (Wildman–Crippen MR) is 66.0 cm³/mol. The highest BCUT2D eigenvalue weighted by Gasteiger charge is 2.34. The van der Waals surface area contributed by atoms with Gasteiger partial charge in [0.05, 0.1) is 0 Å². The molecule has 1 saturated heterocycles. The summed E-state index contributed by atoms with van der Waals surface area (Å²) < 4.78 is 39.3. The van der Waals surface area contributed by atoms with Gasteiger partial charge < -0.3 is 9.88 Å². The Morgan fingerprint density at radius 2 is 2.11 bits per heavy atom. The Balaban J connectivity index is 2.12. The maximum Gasteiger partial charge on any atom is 0.431 e. The van der Waals surface area contributed by atoms with Gasteiger partial charge in [-0.1, -0.05) is 12.5 Å². The van der Waals surface area contributed by atoms with Crippen LogP contribution in [0.2, 0.25) is 0 Å². The lowest BCUT2D eigenvalue weighted by Crippen LogP contribution is -2.36. The lowest BCUT2D eigenvalue weighted by Gasteiger charge is -2.24. The molecule has 0 aromatic carbocycles. The largest absolute Gasteiger partial charge is 0.431 e. The van der Waals surface area contributed by atoms with Crippen LogP contribution >= 0.6 is 0 Å². The van der Waals surface area contributed by atoms with Crippen molar-refractivity contribution in [1.29, 1.82) is 0 Å². The quantitative estimate of drug-likeness (QED) is 0.918. The molecule has 1 N–H and O–H groups in total. The summed E-state index contributed by atoms with van der Waals surface area (Å²) in [7, 11) is 0. The van der Waals surface area contributed by atoms with Crippen molar-refractivity contribution < 1.29 is 13.2 Å². The molecule has 0 spiro atoms. The molecule has 0 amide bonds. The first kappa shape index (κ1) is 14.1. The molecule has 0 radical (unpaired) electrons. The van der Waals surface area contributed by atoms with Gasteiger partial charge in [0.2, 0.25) is 0 Å². The van der Waals surface area contributed by atoms with E-state index in [0.717, 1.165) is 42.5 Å². The van der Waals surface area contributed by atoms with Crippen molar-refractivity contribution in [2.45, 2.75) is 44.4 Å². The van der Waals surface area contributed by atoms with Gasteiger partial charge in [-0.15, -0.1) is 0 Å². The van der Waals surface area contributed by atoms with Crippen molar-refractivity contribution in [2.75, 3.05) is 6.54 Å². The first-order valence-corrected chi connectivity index (χ1v) is 6.49. The Kier molecular flexibility index (Phi) is 4.29. The van der Waals surface area contributed by atoms with E-state index in [-0.39, 0.29) is 12.6 Å². The van der Waals surface area contributed by atoms with Gasteiger partial charge in [-0.25, -0.2) is 0 Å². The average Bonchev–Trinajstić information content (AvgIpc) is 2.37. The van der Waals surface area contributed by atoms with Crippen molar-refractivity contribution in [3.05, 3.63) is 34.2 Å². The molecule has 0 bridgehead atoms. The second-order valence-corrected chi connectivity index (χ2v) is 4.83. The zero-order valence-corrected chi connectivity index (χ0v) is 10.5. The summed E-state index contributed by atoms with van der Waals surface area (Å²) in [4.78, 5) is 11.6. The first-order valence-electron chi connectivity index (χ1n) is 6.49. The molecule has 1 fully saturated rings. The van der Waals surface area contributed by atoms with E-state index in [2.05, 4.69) is 5.32 Å². The van der Waals surface area contributed by atoms with Gasteiger partial charge >= 0.3 is 6.18 Å². The monoisotopic (exact) mass is 274 g/mol. The van der Waals surface area contributed by atoms with Crippen LogP contribution in [0.4, 0.5) is 13.2 Å². The number of hydrogen-bond acceptors (Lipinski definition) is 2. The SMILES string of the molecule is O=c1cccc(C(F)(F)F)n1CCC1CCCCN1. The van der Waals surface area contributed by atoms with Crippen LogP contribution in [0.3, 0.4) is 0 Å². The molecule has 2 rings (SSSR count). The van der Waals surface area contributed by atoms with E-state index < -0.39 is 17.4 Å². The third-order valence-corrected chi connectivity index (χ3v) is 3.45. The molecule has 6 heteroatoms. The van der Waals surface area contributed by atoms with Crippen LogP contribution in [-0.4, -0.2) is 17.2 Å². The Hall–Kier alpha value is -1.30. The molecule has 1 aromatic rings. The summed E-state index contributed by atoms with van der Waals surface area (Å²) in [6, 6.07) is 3.49. The molecule has 3 nitrogen and oxygen atoms in total. The number of nitrogens with one attached hydrogen (secondary N) is 1. The van der Waals surface area contributed by atoms with Crippen LogP contribution < -0.4 is 10.9 Å². The fourth-order valence-electron chi connectivity index (χ4n) is 2.45. The Bertz CT molecular complexity index is 476. The van der Waals surface area contributed by atoms with Gasteiger partial charge in [-0.2, -0.15) is 13.2 Å². The number of hydrogen-bond donors (Lipinski definition) is 1. The fourth-order valence-corrected chi connectivity index (χ4v) is 2.45. The summed E-state index contributed by atoms with van der Waals surface area (Å²) >= 11 is 0. The van der Waals surface area contributed by atoms with Crippen molar-refractivity contribution >= 4 is 0 Å². The third kappa shape index (κ3) is 3.59. The molecule has 0 saturated carbocycles. The number of piperidine rings is 1. The molecular weight excluding hydrogens is 257 g/mol. The van der Waals surface area contributed by atoms with Gasteiger partial charge in [-0.3, -0.25) is 4.79 Å². The molecular formula is C13H17F3N2O. The van der Waals surface area contributed by atoms with Gasteiger partial charge in [-0.05, 0) is 31.9 Å². The fraction of sp³-hybridized carbons (Fsp3) is 0.615. The Morgan fingerprint density at radius 3 is 2.74 bits per heavy atom. The van der Waals surface area contributed by atoms with E-state index in [1.54, 1.807) is 0 Å². The predicted octanol–water partition coefficient (Wildman–Crippen LogP) is 2.40. The van der Waals surface area contributed by atoms with Crippen LogP contribution in [0.1, 0.15) is 31.4 Å². The molecule has 0 aliphatic carbocycles. The van der Waals surface area contributed by atoms with Crippen LogP contribution in [-0.2, 0) is 12.7 Å². The zero-order chi connectivity index (χ0) is 13.9. The van der Waals surface area contributed by atoms with Gasteiger partial charge in [0.25, 0.3) is 5.56 Å². The number of aromatic nitrogens is 1. The summed E-state index contributed by atoms with van der Waals surface area (Å²) in [6.45, 7) is 1.01. The van der Waals surface area contributed by atoms with Crippen LogP contribution in [0.15, 0.2) is 23.0 Å². The number of nitrogens with zero attached hydrogens (tertiary/aromatic N) is 1. The van der Waals surface area contributed by atoms with Crippen molar-refractivity contribution in [2.24, 2.45) is 0 Å². The van der Waals surface area contributed by atoms with Crippen molar-refractivity contribution in [3.8, 4) is 0 Å². The maximum atomic E-state index is 12.8. The molecule has 1 aliphatic rings. The maximum absolute atomic E-state index is 12.8. The molecule has 106 valence electrons. The third-order valence-electron chi connectivity index (χ3n) is 3.45. The molecule has 1 unspecified atom stereocenters. The van der Waals surface area contributed by atoms with Crippen LogP contribution in [0, 0.1) is 0 Å². The Morgan fingerprint density at radius 1 is 1.32 bits per heavy atom. The standard InChI is InChI=1S/C13H17F3N2O/c14-13(15,16)11-5-3-6-12(19)18(11)9-7-10-4-1-2-8-17-10/h3,5-6,10,17H,1-2,4,7-9H2. The smallest absolute Gasteiger partial charge is 0.314 e. The molecule has 1 atom stereocenters. The number of halogens is 3. The van der Waals surface area contributed by atoms with E-state index in [0.29, 0.717) is 6.42 Å². The van der Waals surface area contributed by atoms with E-state index >= 15 is 0 Å². The molecule has 19 heavy (non-hydrogen) atoms. The summed E-state index contributed by atoms with van der Waals surface area (Å²) in [6.07, 6.45) is -0.778. The van der Waals surface area contributed by atoms with Crippen LogP contribution in [0.25, 0.3) is 0 Å². The van der Waals surface area contributed by atoms with Gasteiger partial charge in [0, 0.05) is 18.7 Å². The first-order chi connectivity index (χ1) is 8.98. The minimum absolute atomic E-state index is 0.103. The number of pyridine rings is 1. The summed E-state index contributed by atoms with van der Waals surface area (Å²) in [5.41, 5.74) is -1.46. The average molecular weight is 274 g/mol. The number of alkyl halides is 3. The number of rotatable bonds is 3. The molecule has 1 aromatic heterocycles. The van der Waals surface area contributed by atoms with E-state index in [1.165, 1.54) is 6.07 Å². The summed E-state index contributed by atoms with van der Waals surface area (Å²) in [5, 5.41) is 3.27. The molecule has 2 heterocycles. The highest BCUT2D eigenvalue weighted by Crippen LogP contribution is 2.28. The van der Waals surface area contributed by atoms with E-state index in [1.807, 2.05) is 0 Å². The highest BCUT2D eigenvalue weighted by atomic mass is 19.4. The van der Waals surface area contributed by atoms with E-state index in [9.17, 15) is 18.0 Å². The minimum Gasteiger partial charge on any atom is -0.314 e. The minimum atomic E-state index is -4.49. The lowest BCUT2D eigenvalue weighted by atomic mass is 10.0. The zero-order valence-electron chi connectivity index (χ0n) is 10.5. The van der Waals surface area contributed by atoms with Gasteiger partial charge in [0.1, 0.15) is 5.69 Å². The second-order valence-electron chi connectivity index (χ2n) is 4.83. The highest BCUT2D eigenvalue weighted by molar-refractivity contribution is 5.10. The molecule has 1 aliphatic heterocycles. The summed E-state index contributed by atoms with van der Waals surface area (Å²) in [5.74, 6) is 0. The van der Waals surface area contributed by atoms with E-state index in [4.69, 9.17) is 0 Å². The second kappa shape index (κ2) is 5.77.